The van der Waals surface area contributed by atoms with E-state index in [1.165, 1.54) is 148 Å². The smallest absolute Gasteiger partial charge is 0.306 e. The Morgan fingerprint density at radius 3 is 1.35 bits per heavy atom. The van der Waals surface area contributed by atoms with Gasteiger partial charge >= 0.3 is 5.97 Å². The van der Waals surface area contributed by atoms with Crippen molar-refractivity contribution in [2.75, 3.05) is 54.1 Å². The standard InChI is InChI=1S/C53H100NO7P/c1-6-8-10-12-14-16-18-20-22-23-24-25-26-27-28-29-30-31-32-34-36-38-40-42-44-46-53(55)61-52(51-60-62(56,57)59-49-47-54(3,4)5)50-58-48-45-43-41-39-37-35-33-21-19-17-15-13-11-9-7-2/h13,15,18-21,23-24,52H,6-12,14,16-17,22,25-51H2,1-5H3/b15-13-,20-18-,21-19-,24-23-. The van der Waals surface area contributed by atoms with Crippen LogP contribution in [0.4, 0.5) is 0 Å². The van der Waals surface area contributed by atoms with Crippen LogP contribution in [0.5, 0.6) is 0 Å². The van der Waals surface area contributed by atoms with E-state index in [0.717, 1.165) is 57.8 Å². The fourth-order valence-corrected chi connectivity index (χ4v) is 7.79. The summed E-state index contributed by atoms with van der Waals surface area (Å²) in [4.78, 5) is 25.2. The first-order chi connectivity index (χ1) is 30.1. The van der Waals surface area contributed by atoms with Crippen LogP contribution in [0.25, 0.3) is 0 Å². The number of hydrogen-bond acceptors (Lipinski definition) is 7. The SMILES string of the molecule is CCCC/C=C\C/C=C\CCCCCCCCOCC(COP(=O)([O-])OCC[N+](C)(C)C)OC(=O)CCCCCCCCCCCCCCC/C=C\C/C=C\CCCCCCC. The average molecular weight is 894 g/mol. The van der Waals surface area contributed by atoms with Gasteiger partial charge in [-0.1, -0.05) is 197 Å². The third kappa shape index (κ3) is 49.5. The number of likely N-dealkylation sites (N-methyl/N-ethyl adjacent to an activating group) is 1. The fourth-order valence-electron chi connectivity index (χ4n) is 7.06. The summed E-state index contributed by atoms with van der Waals surface area (Å²) in [5, 5.41) is 0. The summed E-state index contributed by atoms with van der Waals surface area (Å²) in [6, 6.07) is 0. The Morgan fingerprint density at radius 2 is 0.903 bits per heavy atom. The van der Waals surface area contributed by atoms with Crippen LogP contribution in [-0.4, -0.2) is 70.7 Å². The van der Waals surface area contributed by atoms with Gasteiger partial charge in [-0.3, -0.25) is 9.36 Å². The van der Waals surface area contributed by atoms with Crippen molar-refractivity contribution >= 4 is 13.8 Å². The van der Waals surface area contributed by atoms with Gasteiger partial charge in [0.2, 0.25) is 0 Å². The van der Waals surface area contributed by atoms with Crippen molar-refractivity contribution in [3.05, 3.63) is 48.6 Å². The van der Waals surface area contributed by atoms with E-state index in [0.29, 0.717) is 24.1 Å². The molecule has 0 bridgehead atoms. The molecule has 0 saturated heterocycles. The molecule has 9 heteroatoms. The van der Waals surface area contributed by atoms with Crippen LogP contribution in [0, 0.1) is 0 Å². The minimum Gasteiger partial charge on any atom is -0.756 e. The number of esters is 1. The molecule has 0 aliphatic heterocycles. The van der Waals surface area contributed by atoms with Gasteiger partial charge in [0.25, 0.3) is 7.82 Å². The van der Waals surface area contributed by atoms with Gasteiger partial charge in [0.05, 0.1) is 34.4 Å². The van der Waals surface area contributed by atoms with Crippen LogP contribution in [0.3, 0.4) is 0 Å². The second-order valence-corrected chi connectivity index (χ2v) is 19.9. The second-order valence-electron chi connectivity index (χ2n) is 18.5. The average Bonchev–Trinajstić information content (AvgIpc) is 3.23. The molecule has 0 aromatic heterocycles. The Kier molecular flexibility index (Phi) is 44.9. The lowest BCUT2D eigenvalue weighted by molar-refractivity contribution is -0.870. The number of hydrogen-bond donors (Lipinski definition) is 0. The molecule has 2 unspecified atom stereocenters. The molecule has 0 N–H and O–H groups in total. The van der Waals surface area contributed by atoms with E-state index < -0.39 is 13.9 Å². The highest BCUT2D eigenvalue weighted by Gasteiger charge is 2.20. The molecule has 364 valence electrons. The van der Waals surface area contributed by atoms with Gasteiger partial charge in [-0.15, -0.1) is 0 Å². The number of carbonyl (C=O) groups excluding carboxylic acids is 1. The van der Waals surface area contributed by atoms with E-state index in [4.69, 9.17) is 18.5 Å². The first-order valence-corrected chi connectivity index (χ1v) is 27.3. The summed E-state index contributed by atoms with van der Waals surface area (Å²) in [7, 11) is 1.35. The van der Waals surface area contributed by atoms with Gasteiger partial charge in [-0.05, 0) is 70.6 Å². The molecule has 0 amide bonds. The Morgan fingerprint density at radius 1 is 0.500 bits per heavy atom. The Hall–Kier alpha value is -1.54. The summed E-state index contributed by atoms with van der Waals surface area (Å²) in [6.45, 7) is 5.36. The minimum absolute atomic E-state index is 0.0231. The predicted molar refractivity (Wildman–Crippen MR) is 263 cm³/mol. The first-order valence-electron chi connectivity index (χ1n) is 25.9. The summed E-state index contributed by atoms with van der Waals surface area (Å²) in [5.74, 6) is -0.338. The zero-order chi connectivity index (χ0) is 45.5. The molecule has 0 saturated carbocycles. The number of ether oxygens (including phenoxy) is 2. The maximum atomic E-state index is 12.7. The molecule has 0 spiro atoms. The Bertz CT molecular complexity index is 1130. The van der Waals surface area contributed by atoms with Crippen LogP contribution >= 0.6 is 7.82 Å². The number of unbranched alkanes of at least 4 members (excludes halogenated alkanes) is 26. The van der Waals surface area contributed by atoms with E-state index in [1.54, 1.807) is 0 Å². The van der Waals surface area contributed by atoms with Crippen LogP contribution in [0.1, 0.15) is 226 Å². The number of carbonyl (C=O) groups is 1. The minimum atomic E-state index is -4.53. The largest absolute Gasteiger partial charge is 0.756 e. The lowest BCUT2D eigenvalue weighted by atomic mass is 10.0. The first kappa shape index (κ1) is 60.5. The zero-order valence-corrected chi connectivity index (χ0v) is 42.2. The molecule has 0 rings (SSSR count). The van der Waals surface area contributed by atoms with Crippen molar-refractivity contribution in [3.63, 3.8) is 0 Å². The summed E-state index contributed by atoms with van der Waals surface area (Å²) >= 11 is 0. The Balaban J connectivity index is 4.10. The van der Waals surface area contributed by atoms with Crippen molar-refractivity contribution in [2.45, 2.75) is 232 Å². The van der Waals surface area contributed by atoms with Gasteiger partial charge in [0.15, 0.2) is 0 Å². The summed E-state index contributed by atoms with van der Waals surface area (Å²) < 4.78 is 34.7. The quantitative estimate of drug-likeness (QED) is 0.0197. The maximum absolute atomic E-state index is 12.7. The number of allylic oxidation sites excluding steroid dienone is 8. The van der Waals surface area contributed by atoms with Crippen LogP contribution < -0.4 is 4.89 Å². The van der Waals surface area contributed by atoms with Gasteiger partial charge in [-0.2, -0.15) is 0 Å². The number of quaternary nitrogens is 1. The number of phosphoric acid groups is 1. The molecule has 2 atom stereocenters. The monoisotopic (exact) mass is 894 g/mol. The second kappa shape index (κ2) is 46.0. The molecule has 62 heavy (non-hydrogen) atoms. The van der Waals surface area contributed by atoms with Crippen molar-refractivity contribution in [1.82, 2.24) is 0 Å². The van der Waals surface area contributed by atoms with Gasteiger partial charge < -0.3 is 27.9 Å². The number of phosphoric ester groups is 1. The van der Waals surface area contributed by atoms with E-state index in [-0.39, 0.29) is 25.8 Å². The molecule has 0 aliphatic rings. The van der Waals surface area contributed by atoms with E-state index >= 15 is 0 Å². The molecule has 0 aromatic rings. The molecule has 0 aliphatic carbocycles. The van der Waals surface area contributed by atoms with E-state index in [1.807, 2.05) is 21.1 Å². The maximum Gasteiger partial charge on any atom is 0.306 e. The zero-order valence-electron chi connectivity index (χ0n) is 41.3. The third-order valence-electron chi connectivity index (χ3n) is 11.1. The van der Waals surface area contributed by atoms with E-state index in [9.17, 15) is 14.3 Å². The summed E-state index contributed by atoms with van der Waals surface area (Å²) in [5.41, 5.74) is 0. The van der Waals surface area contributed by atoms with Crippen molar-refractivity contribution in [2.24, 2.45) is 0 Å². The van der Waals surface area contributed by atoms with Gasteiger partial charge in [-0.25, -0.2) is 0 Å². The topological polar surface area (TPSA) is 94.1 Å². The third-order valence-corrected chi connectivity index (χ3v) is 12.1. The lowest BCUT2D eigenvalue weighted by Gasteiger charge is -2.28. The van der Waals surface area contributed by atoms with Crippen LogP contribution in [0.15, 0.2) is 48.6 Å². The highest BCUT2D eigenvalue weighted by Crippen LogP contribution is 2.38. The lowest BCUT2D eigenvalue weighted by Crippen LogP contribution is -2.37. The normalized spacial score (nSPS) is 14.0. The molecular formula is C53H100NO7P. The van der Waals surface area contributed by atoms with Gasteiger partial charge in [0.1, 0.15) is 19.3 Å². The predicted octanol–water partition coefficient (Wildman–Crippen LogP) is 15.3. The van der Waals surface area contributed by atoms with Crippen molar-refractivity contribution in [3.8, 4) is 0 Å². The molecule has 0 radical (unpaired) electrons. The molecule has 8 nitrogen and oxygen atoms in total. The summed E-state index contributed by atoms with van der Waals surface area (Å²) in [6.07, 6.45) is 57.1. The van der Waals surface area contributed by atoms with Crippen LogP contribution in [0.2, 0.25) is 0 Å². The fraction of sp³-hybridized carbons (Fsp3) is 0.830. The molecule has 0 aromatic carbocycles. The molecular weight excluding hydrogens is 794 g/mol. The molecule has 0 heterocycles. The Labute approximate surface area is 384 Å². The van der Waals surface area contributed by atoms with Gasteiger partial charge in [0, 0.05) is 13.0 Å². The highest BCUT2D eigenvalue weighted by molar-refractivity contribution is 7.45. The van der Waals surface area contributed by atoms with Crippen molar-refractivity contribution in [1.29, 1.82) is 0 Å². The van der Waals surface area contributed by atoms with Crippen LogP contribution in [-0.2, 0) is 27.9 Å². The molecule has 0 fully saturated rings. The van der Waals surface area contributed by atoms with Crippen molar-refractivity contribution < 1.29 is 37.3 Å². The number of rotatable bonds is 48. The number of nitrogens with zero attached hydrogens (tertiary/aromatic N) is 1. The highest BCUT2D eigenvalue weighted by atomic mass is 31.2. The van der Waals surface area contributed by atoms with E-state index in [2.05, 4.69) is 62.5 Å².